The van der Waals surface area contributed by atoms with Crippen LogP contribution in [0.2, 0.25) is 0 Å². The molecule has 6 heteroatoms. The lowest BCUT2D eigenvalue weighted by Crippen LogP contribution is -2.52. The Hall–Kier alpha value is -1.40. The van der Waals surface area contributed by atoms with Gasteiger partial charge in [0.2, 0.25) is 5.91 Å². The highest BCUT2D eigenvalue weighted by Crippen LogP contribution is 2.19. The lowest BCUT2D eigenvalue weighted by atomic mass is 10.00. The van der Waals surface area contributed by atoms with Crippen molar-refractivity contribution in [1.82, 2.24) is 15.1 Å². The van der Waals surface area contributed by atoms with Crippen LogP contribution in [-0.4, -0.2) is 60.4 Å². The van der Waals surface area contributed by atoms with Gasteiger partial charge in [0.15, 0.2) is 0 Å². The van der Waals surface area contributed by atoms with Crippen molar-refractivity contribution in [3.05, 3.63) is 22.4 Å². The van der Waals surface area contributed by atoms with Gasteiger partial charge in [0.05, 0.1) is 11.5 Å². The molecule has 0 radical (unpaired) electrons. The van der Waals surface area contributed by atoms with Crippen LogP contribution in [0, 0.1) is 5.92 Å². The molecule has 2 saturated heterocycles. The third-order valence-corrected chi connectivity index (χ3v) is 5.17. The smallest absolute Gasteiger partial charge is 0.254 e. The molecule has 0 saturated carbocycles. The number of thiophene rings is 1. The zero-order chi connectivity index (χ0) is 14.8. The van der Waals surface area contributed by atoms with Crippen molar-refractivity contribution in [1.29, 1.82) is 0 Å². The largest absolute Gasteiger partial charge is 0.339 e. The van der Waals surface area contributed by atoms with E-state index in [0.29, 0.717) is 26.2 Å². The predicted molar refractivity (Wildman–Crippen MR) is 82.4 cm³/mol. The summed E-state index contributed by atoms with van der Waals surface area (Å²) >= 11 is 1.54. The van der Waals surface area contributed by atoms with Crippen molar-refractivity contribution in [2.24, 2.45) is 5.92 Å². The maximum absolute atomic E-state index is 12.5. The van der Waals surface area contributed by atoms with E-state index in [1.807, 2.05) is 26.6 Å². The highest BCUT2D eigenvalue weighted by atomic mass is 32.1. The summed E-state index contributed by atoms with van der Waals surface area (Å²) in [6.45, 7) is 5.57. The van der Waals surface area contributed by atoms with Crippen molar-refractivity contribution in [3.8, 4) is 0 Å². The molecule has 1 aromatic rings. The summed E-state index contributed by atoms with van der Waals surface area (Å²) in [5, 5.41) is 7.12. The Kier molecular flexibility index (Phi) is 4.26. The molecule has 0 aromatic carbocycles. The number of amides is 2. The zero-order valence-electron chi connectivity index (χ0n) is 12.2. The molecule has 114 valence electrons. The van der Waals surface area contributed by atoms with Gasteiger partial charge in [-0.1, -0.05) is 0 Å². The van der Waals surface area contributed by atoms with Crippen molar-refractivity contribution in [2.45, 2.75) is 19.4 Å². The molecule has 0 aliphatic carbocycles. The normalized spacial score (nSPS) is 26.1. The van der Waals surface area contributed by atoms with Gasteiger partial charge in [0, 0.05) is 37.6 Å². The maximum atomic E-state index is 12.5. The SMILES string of the molecule is CC1NCCC1C(=O)N1CCN(C(=O)c2ccsc2)CC1. The number of carbonyl (C=O) groups excluding carboxylic acids is 2. The molecule has 1 aromatic heterocycles. The number of rotatable bonds is 2. The Morgan fingerprint density at radius 1 is 1.24 bits per heavy atom. The summed E-state index contributed by atoms with van der Waals surface area (Å²) in [6.07, 6.45) is 0.925. The number of piperazine rings is 1. The second kappa shape index (κ2) is 6.15. The minimum atomic E-state index is 0.0826. The number of hydrogen-bond acceptors (Lipinski definition) is 4. The molecule has 2 aliphatic heterocycles. The minimum Gasteiger partial charge on any atom is -0.339 e. The molecule has 2 unspecified atom stereocenters. The van der Waals surface area contributed by atoms with E-state index < -0.39 is 0 Å². The van der Waals surface area contributed by atoms with E-state index in [4.69, 9.17) is 0 Å². The van der Waals surface area contributed by atoms with Crippen molar-refractivity contribution in [2.75, 3.05) is 32.7 Å². The first-order chi connectivity index (χ1) is 10.2. The van der Waals surface area contributed by atoms with E-state index in [1.54, 1.807) is 0 Å². The Bertz CT molecular complexity index is 509. The zero-order valence-corrected chi connectivity index (χ0v) is 13.1. The predicted octanol–water partition coefficient (Wildman–Crippen LogP) is 1.03. The molecule has 3 heterocycles. The molecule has 0 bridgehead atoms. The van der Waals surface area contributed by atoms with Crippen LogP contribution in [0.15, 0.2) is 16.8 Å². The Balaban J connectivity index is 1.55. The van der Waals surface area contributed by atoms with Crippen LogP contribution in [0.5, 0.6) is 0 Å². The highest BCUT2D eigenvalue weighted by Gasteiger charge is 2.34. The Morgan fingerprint density at radius 2 is 1.95 bits per heavy atom. The summed E-state index contributed by atoms with van der Waals surface area (Å²) in [4.78, 5) is 28.5. The number of hydrogen-bond donors (Lipinski definition) is 1. The molecule has 0 spiro atoms. The average molecular weight is 307 g/mol. The van der Waals surface area contributed by atoms with Gasteiger partial charge in [-0.05, 0) is 31.3 Å². The molecular formula is C15H21N3O2S. The lowest BCUT2D eigenvalue weighted by Gasteiger charge is -2.36. The maximum Gasteiger partial charge on any atom is 0.254 e. The molecule has 2 fully saturated rings. The van der Waals surface area contributed by atoms with Gasteiger partial charge in [0.25, 0.3) is 5.91 Å². The van der Waals surface area contributed by atoms with Gasteiger partial charge in [-0.15, -0.1) is 0 Å². The Labute approximate surface area is 128 Å². The van der Waals surface area contributed by atoms with Gasteiger partial charge in [-0.3, -0.25) is 9.59 Å². The van der Waals surface area contributed by atoms with Crippen molar-refractivity contribution >= 4 is 23.2 Å². The van der Waals surface area contributed by atoms with E-state index in [1.165, 1.54) is 11.3 Å². The van der Waals surface area contributed by atoms with Crippen LogP contribution in [0.4, 0.5) is 0 Å². The lowest BCUT2D eigenvalue weighted by molar-refractivity contribution is -0.137. The van der Waals surface area contributed by atoms with Gasteiger partial charge >= 0.3 is 0 Å². The Morgan fingerprint density at radius 3 is 2.52 bits per heavy atom. The van der Waals surface area contributed by atoms with E-state index >= 15 is 0 Å². The first-order valence-corrected chi connectivity index (χ1v) is 8.45. The topological polar surface area (TPSA) is 52.7 Å². The summed E-state index contributed by atoms with van der Waals surface area (Å²) < 4.78 is 0. The third kappa shape index (κ3) is 2.96. The van der Waals surface area contributed by atoms with Crippen molar-refractivity contribution < 1.29 is 9.59 Å². The number of nitrogens with zero attached hydrogens (tertiary/aromatic N) is 2. The minimum absolute atomic E-state index is 0.0826. The number of nitrogens with one attached hydrogen (secondary N) is 1. The molecule has 2 aliphatic rings. The van der Waals surface area contributed by atoms with E-state index in [9.17, 15) is 9.59 Å². The van der Waals surface area contributed by atoms with Crippen LogP contribution in [-0.2, 0) is 4.79 Å². The summed E-state index contributed by atoms with van der Waals surface area (Å²) in [6, 6.07) is 2.12. The van der Waals surface area contributed by atoms with Crippen LogP contribution < -0.4 is 5.32 Å². The van der Waals surface area contributed by atoms with Crippen LogP contribution in [0.25, 0.3) is 0 Å². The quantitative estimate of drug-likeness (QED) is 0.888. The molecule has 1 N–H and O–H groups in total. The first kappa shape index (κ1) is 14.5. The third-order valence-electron chi connectivity index (χ3n) is 4.49. The van der Waals surface area contributed by atoms with Gasteiger partial charge < -0.3 is 15.1 Å². The number of carbonyl (C=O) groups is 2. The van der Waals surface area contributed by atoms with Crippen LogP contribution in [0.1, 0.15) is 23.7 Å². The molecule has 3 rings (SSSR count). The molecular weight excluding hydrogens is 286 g/mol. The molecule has 2 atom stereocenters. The fourth-order valence-corrected chi connectivity index (χ4v) is 3.76. The van der Waals surface area contributed by atoms with Gasteiger partial charge in [-0.2, -0.15) is 11.3 Å². The highest BCUT2D eigenvalue weighted by molar-refractivity contribution is 7.08. The van der Waals surface area contributed by atoms with Crippen molar-refractivity contribution in [3.63, 3.8) is 0 Å². The summed E-state index contributed by atoms with van der Waals surface area (Å²) in [5.41, 5.74) is 0.758. The molecule has 2 amide bonds. The van der Waals surface area contributed by atoms with E-state index in [0.717, 1.165) is 18.5 Å². The first-order valence-electron chi connectivity index (χ1n) is 7.50. The van der Waals surface area contributed by atoms with E-state index in [-0.39, 0.29) is 23.8 Å². The fraction of sp³-hybridized carbons (Fsp3) is 0.600. The molecule has 21 heavy (non-hydrogen) atoms. The van der Waals surface area contributed by atoms with Gasteiger partial charge in [0.1, 0.15) is 0 Å². The van der Waals surface area contributed by atoms with Crippen LogP contribution >= 0.6 is 11.3 Å². The van der Waals surface area contributed by atoms with Gasteiger partial charge in [-0.25, -0.2) is 0 Å². The summed E-state index contributed by atoms with van der Waals surface area (Å²) in [5.74, 6) is 0.429. The average Bonchev–Trinajstić information content (AvgIpc) is 3.17. The second-order valence-electron chi connectivity index (χ2n) is 5.77. The standard InChI is InChI=1S/C15H21N3O2S/c1-11-13(2-4-16-11)15(20)18-7-5-17(6-8-18)14(19)12-3-9-21-10-12/h3,9-11,13,16H,2,4-8H2,1H3. The monoisotopic (exact) mass is 307 g/mol. The summed E-state index contributed by atoms with van der Waals surface area (Å²) in [7, 11) is 0. The second-order valence-corrected chi connectivity index (χ2v) is 6.55. The fourth-order valence-electron chi connectivity index (χ4n) is 3.13. The van der Waals surface area contributed by atoms with E-state index in [2.05, 4.69) is 12.2 Å². The molecule has 5 nitrogen and oxygen atoms in total. The van der Waals surface area contributed by atoms with Crippen LogP contribution in [0.3, 0.4) is 0 Å².